The van der Waals surface area contributed by atoms with Gasteiger partial charge in [0.2, 0.25) is 0 Å². The molecule has 1 N–H and O–H groups in total. The van der Waals surface area contributed by atoms with Gasteiger partial charge in [0, 0.05) is 18.2 Å². The largest absolute Gasteiger partial charge is 0.476 e. The monoisotopic (exact) mass is 283 g/mol. The summed E-state index contributed by atoms with van der Waals surface area (Å²) < 4.78 is 24.2. The first-order chi connectivity index (χ1) is 9.45. The van der Waals surface area contributed by atoms with Crippen molar-refractivity contribution in [1.82, 2.24) is 5.32 Å². The van der Waals surface area contributed by atoms with Gasteiger partial charge in [-0.15, -0.1) is 0 Å². The lowest BCUT2D eigenvalue weighted by Crippen LogP contribution is -2.28. The van der Waals surface area contributed by atoms with Crippen LogP contribution in [0, 0.1) is 5.82 Å². The standard InChI is InChI=1S/C15H22FNO3/c1-5-19-15(18)11(4)20-14-12(9-17-10(2)3)7-6-8-13(14)16/h6-8,10-11,17H,5,9H2,1-4H3. The highest BCUT2D eigenvalue weighted by molar-refractivity contribution is 5.74. The number of carbonyl (C=O) groups is 1. The highest BCUT2D eigenvalue weighted by atomic mass is 19.1. The fraction of sp³-hybridized carbons (Fsp3) is 0.533. The van der Waals surface area contributed by atoms with E-state index in [4.69, 9.17) is 9.47 Å². The van der Waals surface area contributed by atoms with Gasteiger partial charge in [0.05, 0.1) is 6.61 Å². The van der Waals surface area contributed by atoms with E-state index in [1.165, 1.54) is 6.07 Å². The lowest BCUT2D eigenvalue weighted by Gasteiger charge is -2.18. The van der Waals surface area contributed by atoms with Gasteiger partial charge in [0.1, 0.15) is 0 Å². The predicted molar refractivity (Wildman–Crippen MR) is 75.1 cm³/mol. The molecule has 4 nitrogen and oxygen atoms in total. The summed E-state index contributed by atoms with van der Waals surface area (Å²) in [5.41, 5.74) is 0.676. The average Bonchev–Trinajstić information content (AvgIpc) is 2.39. The summed E-state index contributed by atoms with van der Waals surface area (Å²) in [6, 6.07) is 4.97. The third kappa shape index (κ3) is 4.81. The zero-order chi connectivity index (χ0) is 15.1. The summed E-state index contributed by atoms with van der Waals surface area (Å²) in [6.07, 6.45) is -0.843. The van der Waals surface area contributed by atoms with E-state index in [2.05, 4.69) is 5.32 Å². The lowest BCUT2D eigenvalue weighted by molar-refractivity contribution is -0.150. The quantitative estimate of drug-likeness (QED) is 0.782. The van der Waals surface area contributed by atoms with Crippen LogP contribution in [-0.4, -0.2) is 24.7 Å². The molecular weight excluding hydrogens is 261 g/mol. The molecule has 0 amide bonds. The topological polar surface area (TPSA) is 47.6 Å². The molecule has 0 spiro atoms. The van der Waals surface area contributed by atoms with Crippen molar-refractivity contribution in [1.29, 1.82) is 0 Å². The first kappa shape index (κ1) is 16.4. The molecule has 1 atom stereocenters. The summed E-state index contributed by atoms with van der Waals surface area (Å²) in [6.45, 7) is 8.00. The molecule has 5 heteroatoms. The minimum absolute atomic E-state index is 0.0983. The molecule has 0 aliphatic carbocycles. The molecule has 112 valence electrons. The maximum atomic E-state index is 13.9. The minimum atomic E-state index is -0.843. The number of benzene rings is 1. The van der Waals surface area contributed by atoms with Gasteiger partial charge in [0.15, 0.2) is 17.7 Å². The molecule has 20 heavy (non-hydrogen) atoms. The zero-order valence-electron chi connectivity index (χ0n) is 12.4. The van der Waals surface area contributed by atoms with Crippen molar-refractivity contribution < 1.29 is 18.7 Å². The number of carbonyl (C=O) groups excluding carboxylic acids is 1. The Kier molecular flexibility index (Phi) is 6.45. The lowest BCUT2D eigenvalue weighted by atomic mass is 10.1. The molecule has 0 aliphatic rings. The van der Waals surface area contributed by atoms with Crippen LogP contribution < -0.4 is 10.1 Å². The van der Waals surface area contributed by atoms with E-state index in [-0.39, 0.29) is 18.4 Å². The molecule has 0 fully saturated rings. The van der Waals surface area contributed by atoms with Gasteiger partial charge in [-0.05, 0) is 19.9 Å². The number of hydrogen-bond acceptors (Lipinski definition) is 4. The van der Waals surface area contributed by atoms with E-state index in [0.29, 0.717) is 12.1 Å². The molecule has 0 aromatic heterocycles. The molecule has 0 saturated carbocycles. The van der Waals surface area contributed by atoms with Crippen LogP contribution in [0.25, 0.3) is 0 Å². The van der Waals surface area contributed by atoms with Crippen molar-refractivity contribution in [2.24, 2.45) is 0 Å². The minimum Gasteiger partial charge on any atom is -0.476 e. The molecule has 0 heterocycles. The van der Waals surface area contributed by atoms with E-state index in [0.717, 1.165) is 0 Å². The molecule has 0 saturated heterocycles. The van der Waals surface area contributed by atoms with Crippen molar-refractivity contribution in [3.8, 4) is 5.75 Å². The van der Waals surface area contributed by atoms with Crippen molar-refractivity contribution in [3.05, 3.63) is 29.6 Å². The maximum Gasteiger partial charge on any atom is 0.347 e. The average molecular weight is 283 g/mol. The summed E-state index contributed by atoms with van der Waals surface area (Å²) in [5.74, 6) is -0.885. The number of nitrogens with one attached hydrogen (secondary N) is 1. The molecule has 0 bridgehead atoms. The fourth-order valence-corrected chi connectivity index (χ4v) is 1.62. The van der Waals surface area contributed by atoms with E-state index in [1.807, 2.05) is 13.8 Å². The Labute approximate surface area is 119 Å². The van der Waals surface area contributed by atoms with Crippen LogP contribution in [0.3, 0.4) is 0 Å². The Morgan fingerprint density at radius 3 is 2.65 bits per heavy atom. The molecule has 0 aliphatic heterocycles. The molecule has 1 rings (SSSR count). The SMILES string of the molecule is CCOC(=O)C(C)Oc1c(F)cccc1CNC(C)C. The van der Waals surface area contributed by atoms with Crippen LogP contribution in [-0.2, 0) is 16.1 Å². The van der Waals surface area contributed by atoms with Crippen molar-refractivity contribution >= 4 is 5.97 Å². The normalized spacial score (nSPS) is 12.3. The second kappa shape index (κ2) is 7.85. The van der Waals surface area contributed by atoms with Gasteiger partial charge in [-0.3, -0.25) is 0 Å². The van der Waals surface area contributed by atoms with Crippen LogP contribution in [0.5, 0.6) is 5.75 Å². The highest BCUT2D eigenvalue weighted by Crippen LogP contribution is 2.24. The Hall–Kier alpha value is -1.62. The van der Waals surface area contributed by atoms with Crippen LogP contribution in [0.2, 0.25) is 0 Å². The summed E-state index contributed by atoms with van der Waals surface area (Å²) in [7, 11) is 0. The summed E-state index contributed by atoms with van der Waals surface area (Å²) in [5, 5.41) is 3.19. The summed E-state index contributed by atoms with van der Waals surface area (Å²) in [4.78, 5) is 11.6. The summed E-state index contributed by atoms with van der Waals surface area (Å²) >= 11 is 0. The molecule has 1 aromatic carbocycles. The molecular formula is C15H22FNO3. The van der Waals surface area contributed by atoms with Gasteiger partial charge in [-0.2, -0.15) is 0 Å². The van der Waals surface area contributed by atoms with Gasteiger partial charge in [-0.1, -0.05) is 26.0 Å². The fourth-order valence-electron chi connectivity index (χ4n) is 1.62. The van der Waals surface area contributed by atoms with Gasteiger partial charge in [-0.25, -0.2) is 9.18 Å². The predicted octanol–water partition coefficient (Wildman–Crippen LogP) is 2.65. The Morgan fingerprint density at radius 2 is 2.05 bits per heavy atom. The first-order valence-electron chi connectivity index (χ1n) is 6.79. The third-order valence-electron chi connectivity index (χ3n) is 2.66. The number of halogens is 1. The first-order valence-corrected chi connectivity index (χ1v) is 6.79. The molecule has 1 unspecified atom stereocenters. The van der Waals surface area contributed by atoms with Crippen LogP contribution >= 0.6 is 0 Å². The zero-order valence-corrected chi connectivity index (χ0v) is 12.4. The van der Waals surface area contributed by atoms with Crippen LogP contribution in [0.4, 0.5) is 4.39 Å². The second-order valence-corrected chi connectivity index (χ2v) is 4.78. The van der Waals surface area contributed by atoms with E-state index in [1.54, 1.807) is 26.0 Å². The van der Waals surface area contributed by atoms with Gasteiger partial charge >= 0.3 is 5.97 Å². The Balaban J connectivity index is 2.84. The maximum absolute atomic E-state index is 13.9. The third-order valence-corrected chi connectivity index (χ3v) is 2.66. The molecule has 1 aromatic rings. The van der Waals surface area contributed by atoms with Crippen molar-refractivity contribution in [2.45, 2.75) is 46.4 Å². The van der Waals surface area contributed by atoms with E-state index >= 15 is 0 Å². The Morgan fingerprint density at radius 1 is 1.35 bits per heavy atom. The van der Waals surface area contributed by atoms with Crippen LogP contribution in [0.1, 0.15) is 33.3 Å². The van der Waals surface area contributed by atoms with Crippen molar-refractivity contribution in [2.75, 3.05) is 6.61 Å². The number of rotatable bonds is 7. The van der Waals surface area contributed by atoms with E-state index in [9.17, 15) is 9.18 Å². The van der Waals surface area contributed by atoms with E-state index < -0.39 is 17.9 Å². The van der Waals surface area contributed by atoms with Gasteiger partial charge in [0.25, 0.3) is 0 Å². The number of ether oxygens (including phenoxy) is 2. The van der Waals surface area contributed by atoms with Crippen LogP contribution in [0.15, 0.2) is 18.2 Å². The smallest absolute Gasteiger partial charge is 0.347 e. The number of esters is 1. The number of hydrogen-bond donors (Lipinski definition) is 1. The van der Waals surface area contributed by atoms with Gasteiger partial charge < -0.3 is 14.8 Å². The highest BCUT2D eigenvalue weighted by Gasteiger charge is 2.19. The number of para-hydroxylation sites is 1. The Bertz CT molecular complexity index is 449. The van der Waals surface area contributed by atoms with Crippen molar-refractivity contribution in [3.63, 3.8) is 0 Å². The second-order valence-electron chi connectivity index (χ2n) is 4.78. The molecule has 0 radical (unpaired) electrons.